The normalized spacial score (nSPS) is 10.9. The van der Waals surface area contributed by atoms with Crippen LogP contribution in [0, 0.1) is 11.6 Å². The molecule has 26 heavy (non-hydrogen) atoms. The summed E-state index contributed by atoms with van der Waals surface area (Å²) in [7, 11) is 0. The molecule has 0 saturated heterocycles. The Balaban J connectivity index is 1.97. The number of hydrogen-bond acceptors (Lipinski definition) is 5. The molecule has 0 saturated carbocycles. The Morgan fingerprint density at radius 1 is 1.19 bits per heavy atom. The number of rotatable bonds is 5. The number of carbonyl (C=O) groups excluding carboxylic acids is 2. The number of carbonyl (C=O) groups is 2. The number of thiazole rings is 1. The number of benzene rings is 2. The van der Waals surface area contributed by atoms with E-state index >= 15 is 0 Å². The van der Waals surface area contributed by atoms with E-state index in [1.54, 1.807) is 0 Å². The fourth-order valence-electron chi connectivity index (χ4n) is 2.33. The molecule has 0 bridgehead atoms. The quantitative estimate of drug-likeness (QED) is 0.646. The third kappa shape index (κ3) is 4.25. The van der Waals surface area contributed by atoms with E-state index in [-0.39, 0.29) is 34.0 Å². The summed E-state index contributed by atoms with van der Waals surface area (Å²) in [6.45, 7) is 1.61. The molecule has 0 aliphatic rings. The fraction of sp³-hybridized carbons (Fsp3) is 0.167. The van der Waals surface area contributed by atoms with Crippen molar-refractivity contribution >= 4 is 49.5 Å². The van der Waals surface area contributed by atoms with Gasteiger partial charge in [0.05, 0.1) is 17.0 Å². The summed E-state index contributed by atoms with van der Waals surface area (Å²) in [5.41, 5.74) is 0.885. The van der Waals surface area contributed by atoms with E-state index in [0.717, 1.165) is 34.7 Å². The van der Waals surface area contributed by atoms with Gasteiger partial charge >= 0.3 is 0 Å². The van der Waals surface area contributed by atoms with Crippen LogP contribution in [0.5, 0.6) is 0 Å². The third-order valence-corrected chi connectivity index (χ3v) is 5.34. The van der Waals surface area contributed by atoms with Crippen molar-refractivity contribution in [2.45, 2.75) is 13.5 Å². The first-order valence-electron chi connectivity index (χ1n) is 7.67. The topological polar surface area (TPSA) is 50.3 Å². The molecule has 3 aromatic rings. The highest BCUT2D eigenvalue weighted by Crippen LogP contribution is 2.32. The van der Waals surface area contributed by atoms with Crippen LogP contribution in [-0.2, 0) is 16.1 Å². The van der Waals surface area contributed by atoms with Crippen LogP contribution >= 0.6 is 23.1 Å². The molecule has 0 unspecified atom stereocenters. The molecular weight excluding hydrogens is 378 g/mol. The minimum absolute atomic E-state index is 0.0245. The van der Waals surface area contributed by atoms with Crippen molar-refractivity contribution in [2.24, 2.45) is 0 Å². The van der Waals surface area contributed by atoms with Gasteiger partial charge in [0.15, 0.2) is 16.1 Å². The van der Waals surface area contributed by atoms with Crippen molar-refractivity contribution < 1.29 is 18.4 Å². The smallest absolute Gasteiger partial charge is 0.239 e. The molecule has 0 spiro atoms. The zero-order valence-corrected chi connectivity index (χ0v) is 15.4. The molecule has 0 aliphatic carbocycles. The number of thioether (sulfide) groups is 1. The second kappa shape index (κ2) is 7.92. The van der Waals surface area contributed by atoms with Crippen LogP contribution in [0.15, 0.2) is 42.5 Å². The van der Waals surface area contributed by atoms with Gasteiger partial charge in [-0.05, 0) is 11.6 Å². The van der Waals surface area contributed by atoms with Crippen molar-refractivity contribution in [2.75, 3.05) is 10.7 Å². The summed E-state index contributed by atoms with van der Waals surface area (Å²) < 4.78 is 27.7. The monoisotopic (exact) mass is 392 g/mol. The Labute approximate surface area is 156 Å². The van der Waals surface area contributed by atoms with E-state index in [4.69, 9.17) is 0 Å². The van der Waals surface area contributed by atoms with E-state index < -0.39 is 11.6 Å². The highest BCUT2D eigenvalue weighted by molar-refractivity contribution is 8.14. The first-order chi connectivity index (χ1) is 12.4. The molecule has 134 valence electrons. The van der Waals surface area contributed by atoms with E-state index in [1.807, 2.05) is 30.3 Å². The van der Waals surface area contributed by atoms with Gasteiger partial charge < -0.3 is 0 Å². The van der Waals surface area contributed by atoms with Gasteiger partial charge in [0, 0.05) is 13.0 Å². The Bertz CT molecular complexity index is 960. The van der Waals surface area contributed by atoms with Gasteiger partial charge in [-0.2, -0.15) is 0 Å². The van der Waals surface area contributed by atoms with E-state index in [9.17, 15) is 18.4 Å². The van der Waals surface area contributed by atoms with Crippen molar-refractivity contribution in [3.8, 4) is 0 Å². The highest BCUT2D eigenvalue weighted by Gasteiger charge is 2.22. The molecule has 0 atom stereocenters. The average Bonchev–Trinajstić information content (AvgIpc) is 3.02. The minimum atomic E-state index is -0.771. The van der Waals surface area contributed by atoms with Gasteiger partial charge in [0.2, 0.25) is 5.91 Å². The molecule has 2 aromatic carbocycles. The Kier molecular flexibility index (Phi) is 5.63. The number of amides is 1. The SMILES string of the molecule is CC(=O)SCC(=O)N(Cc1ccccc1)c1nc2c(F)cc(F)cc2s1. The van der Waals surface area contributed by atoms with Crippen LogP contribution in [0.3, 0.4) is 0 Å². The molecule has 0 radical (unpaired) electrons. The lowest BCUT2D eigenvalue weighted by atomic mass is 10.2. The number of hydrogen-bond donors (Lipinski definition) is 0. The zero-order chi connectivity index (χ0) is 18.7. The van der Waals surface area contributed by atoms with Crippen LogP contribution in [0.25, 0.3) is 10.2 Å². The fourth-order valence-corrected chi connectivity index (χ4v) is 3.83. The molecular formula is C18H14F2N2O2S2. The van der Waals surface area contributed by atoms with Gasteiger partial charge in [0.1, 0.15) is 11.3 Å². The maximum Gasteiger partial charge on any atom is 0.239 e. The standard InChI is InChI=1S/C18H14F2N2O2S2/c1-11(23)25-10-16(24)22(9-12-5-3-2-4-6-12)18-21-17-14(20)7-13(19)8-15(17)26-18/h2-8H,9-10H2,1H3. The van der Waals surface area contributed by atoms with Gasteiger partial charge in [-0.1, -0.05) is 53.4 Å². The first kappa shape index (κ1) is 18.5. The molecule has 1 aromatic heterocycles. The summed E-state index contributed by atoms with van der Waals surface area (Å²) in [6, 6.07) is 11.2. The summed E-state index contributed by atoms with van der Waals surface area (Å²) in [4.78, 5) is 29.4. The average molecular weight is 392 g/mol. The van der Waals surface area contributed by atoms with Crippen LogP contribution in [-0.4, -0.2) is 21.8 Å². The molecule has 3 rings (SSSR count). The molecule has 1 heterocycles. The summed E-state index contributed by atoms with van der Waals surface area (Å²) in [6.07, 6.45) is 0. The Morgan fingerprint density at radius 3 is 2.62 bits per heavy atom. The largest absolute Gasteiger partial charge is 0.288 e. The number of halogens is 2. The molecule has 0 N–H and O–H groups in total. The lowest BCUT2D eigenvalue weighted by molar-refractivity contribution is -0.116. The summed E-state index contributed by atoms with van der Waals surface area (Å²) >= 11 is 1.93. The maximum atomic E-state index is 14.0. The predicted molar refractivity (Wildman–Crippen MR) is 100 cm³/mol. The lowest BCUT2D eigenvalue weighted by Crippen LogP contribution is -2.32. The maximum absolute atomic E-state index is 14.0. The zero-order valence-electron chi connectivity index (χ0n) is 13.7. The van der Waals surface area contributed by atoms with E-state index in [1.165, 1.54) is 17.9 Å². The summed E-state index contributed by atoms with van der Waals surface area (Å²) in [5, 5.41) is 0.0953. The number of fused-ring (bicyclic) bond motifs is 1. The van der Waals surface area contributed by atoms with Gasteiger partial charge in [-0.25, -0.2) is 13.8 Å². The number of anilines is 1. The van der Waals surface area contributed by atoms with Crippen molar-refractivity contribution in [3.05, 3.63) is 59.7 Å². The molecule has 0 fully saturated rings. The minimum Gasteiger partial charge on any atom is -0.288 e. The van der Waals surface area contributed by atoms with Crippen molar-refractivity contribution in [1.29, 1.82) is 0 Å². The van der Waals surface area contributed by atoms with Gasteiger partial charge in [0.25, 0.3) is 0 Å². The first-order valence-corrected chi connectivity index (χ1v) is 9.47. The van der Waals surface area contributed by atoms with Crippen LogP contribution in [0.1, 0.15) is 12.5 Å². The second-order valence-corrected chi connectivity index (χ2v) is 7.64. The molecule has 1 amide bonds. The Hall–Kier alpha value is -2.32. The van der Waals surface area contributed by atoms with E-state index in [0.29, 0.717) is 4.70 Å². The van der Waals surface area contributed by atoms with Gasteiger partial charge in [-0.15, -0.1) is 0 Å². The van der Waals surface area contributed by atoms with Crippen LogP contribution in [0.2, 0.25) is 0 Å². The van der Waals surface area contributed by atoms with Crippen molar-refractivity contribution in [1.82, 2.24) is 4.98 Å². The second-order valence-electron chi connectivity index (χ2n) is 5.48. The highest BCUT2D eigenvalue weighted by atomic mass is 32.2. The summed E-state index contributed by atoms with van der Waals surface area (Å²) in [5.74, 6) is -1.84. The van der Waals surface area contributed by atoms with Crippen LogP contribution in [0.4, 0.5) is 13.9 Å². The molecule has 0 aliphatic heterocycles. The third-order valence-electron chi connectivity index (χ3n) is 3.52. The number of aromatic nitrogens is 1. The van der Waals surface area contributed by atoms with Crippen molar-refractivity contribution in [3.63, 3.8) is 0 Å². The lowest BCUT2D eigenvalue weighted by Gasteiger charge is -2.19. The van der Waals surface area contributed by atoms with Gasteiger partial charge in [-0.3, -0.25) is 14.5 Å². The molecule has 8 heteroatoms. The van der Waals surface area contributed by atoms with E-state index in [2.05, 4.69) is 4.98 Å². The predicted octanol–water partition coefficient (Wildman–Crippen LogP) is 4.39. The Morgan fingerprint density at radius 2 is 1.92 bits per heavy atom. The number of nitrogens with zero attached hydrogens (tertiary/aromatic N) is 2. The molecule has 4 nitrogen and oxygen atoms in total. The van der Waals surface area contributed by atoms with Crippen LogP contribution < -0.4 is 4.90 Å².